The van der Waals surface area contributed by atoms with Crippen molar-refractivity contribution in [1.82, 2.24) is 10.2 Å². The van der Waals surface area contributed by atoms with Gasteiger partial charge >= 0.3 is 0 Å². The van der Waals surface area contributed by atoms with Crippen molar-refractivity contribution in [2.75, 3.05) is 26.2 Å². The molecule has 1 aliphatic rings. The first-order valence-corrected chi connectivity index (χ1v) is 6.59. The van der Waals surface area contributed by atoms with Gasteiger partial charge in [-0.05, 0) is 43.6 Å². The number of nitrogens with two attached hydrogens (primary N) is 1. The molecular formula is C14H21N3O. The fourth-order valence-electron chi connectivity index (χ4n) is 2.30. The molecule has 4 heteroatoms. The van der Waals surface area contributed by atoms with Crippen LogP contribution in [0.1, 0.15) is 28.8 Å². The van der Waals surface area contributed by atoms with Gasteiger partial charge in [0, 0.05) is 25.2 Å². The number of rotatable bonds is 5. The molecule has 3 N–H and O–H groups in total. The average Bonchev–Trinajstić information content (AvgIpc) is 2.89. The summed E-state index contributed by atoms with van der Waals surface area (Å²) < 4.78 is 0. The Labute approximate surface area is 108 Å². The number of amides is 1. The third-order valence-corrected chi connectivity index (χ3v) is 3.22. The summed E-state index contributed by atoms with van der Waals surface area (Å²) in [6.07, 6.45) is 2.58. The second-order valence-electron chi connectivity index (χ2n) is 4.73. The molecule has 2 rings (SSSR count). The average molecular weight is 247 g/mol. The van der Waals surface area contributed by atoms with E-state index in [1.807, 2.05) is 18.2 Å². The third kappa shape index (κ3) is 3.55. The van der Waals surface area contributed by atoms with Gasteiger partial charge in [0.25, 0.3) is 5.91 Å². The minimum absolute atomic E-state index is 0.0382. The van der Waals surface area contributed by atoms with E-state index in [1.54, 1.807) is 0 Å². The summed E-state index contributed by atoms with van der Waals surface area (Å²) in [6, 6.07) is 7.85. The van der Waals surface area contributed by atoms with E-state index in [0.29, 0.717) is 13.1 Å². The van der Waals surface area contributed by atoms with Gasteiger partial charge in [-0.25, -0.2) is 0 Å². The van der Waals surface area contributed by atoms with Crippen LogP contribution in [0, 0.1) is 0 Å². The van der Waals surface area contributed by atoms with Crippen LogP contribution in [0.25, 0.3) is 0 Å². The molecule has 1 saturated heterocycles. The first-order valence-electron chi connectivity index (χ1n) is 6.59. The zero-order valence-corrected chi connectivity index (χ0v) is 10.7. The molecule has 4 nitrogen and oxygen atoms in total. The SMILES string of the molecule is NCCNC(=O)c1cccc(CN2CCCC2)c1. The van der Waals surface area contributed by atoms with Crippen molar-refractivity contribution in [2.24, 2.45) is 5.73 Å². The summed E-state index contributed by atoms with van der Waals surface area (Å²) in [6.45, 7) is 4.28. The molecule has 1 fully saturated rings. The maximum absolute atomic E-state index is 11.8. The van der Waals surface area contributed by atoms with Crippen LogP contribution in [0.2, 0.25) is 0 Å². The molecule has 0 spiro atoms. The van der Waals surface area contributed by atoms with Gasteiger partial charge in [-0.1, -0.05) is 12.1 Å². The normalized spacial score (nSPS) is 15.8. The van der Waals surface area contributed by atoms with Gasteiger partial charge in [-0.3, -0.25) is 9.69 Å². The van der Waals surface area contributed by atoms with Crippen LogP contribution in [0.15, 0.2) is 24.3 Å². The molecule has 0 saturated carbocycles. The lowest BCUT2D eigenvalue weighted by molar-refractivity contribution is 0.0954. The van der Waals surface area contributed by atoms with Crippen molar-refractivity contribution < 1.29 is 4.79 Å². The molecule has 0 radical (unpaired) electrons. The molecule has 1 aromatic rings. The fraction of sp³-hybridized carbons (Fsp3) is 0.500. The molecular weight excluding hydrogens is 226 g/mol. The van der Waals surface area contributed by atoms with E-state index in [2.05, 4.69) is 16.3 Å². The minimum atomic E-state index is -0.0382. The quantitative estimate of drug-likeness (QED) is 0.815. The van der Waals surface area contributed by atoms with E-state index >= 15 is 0 Å². The molecule has 98 valence electrons. The van der Waals surface area contributed by atoms with E-state index in [0.717, 1.165) is 12.1 Å². The molecule has 1 amide bonds. The van der Waals surface area contributed by atoms with Gasteiger partial charge in [0.05, 0.1) is 0 Å². The molecule has 1 aromatic carbocycles. The Morgan fingerprint density at radius 2 is 2.11 bits per heavy atom. The maximum atomic E-state index is 11.8. The zero-order valence-electron chi connectivity index (χ0n) is 10.7. The standard InChI is InChI=1S/C14H21N3O/c15-6-7-16-14(18)13-5-3-4-12(10-13)11-17-8-1-2-9-17/h3-5,10H,1-2,6-9,11,15H2,(H,16,18). The van der Waals surface area contributed by atoms with Crippen molar-refractivity contribution in [2.45, 2.75) is 19.4 Å². The Morgan fingerprint density at radius 1 is 1.33 bits per heavy atom. The van der Waals surface area contributed by atoms with Gasteiger partial charge in [-0.15, -0.1) is 0 Å². The smallest absolute Gasteiger partial charge is 0.251 e. The topological polar surface area (TPSA) is 58.4 Å². The van der Waals surface area contributed by atoms with E-state index in [9.17, 15) is 4.79 Å². The number of nitrogens with one attached hydrogen (secondary N) is 1. The number of hydrogen-bond acceptors (Lipinski definition) is 3. The van der Waals surface area contributed by atoms with Crippen LogP contribution in [-0.2, 0) is 6.54 Å². The summed E-state index contributed by atoms with van der Waals surface area (Å²) in [5.74, 6) is -0.0382. The van der Waals surface area contributed by atoms with E-state index in [1.165, 1.54) is 31.5 Å². The first-order chi connectivity index (χ1) is 8.79. The van der Waals surface area contributed by atoms with Crippen LogP contribution >= 0.6 is 0 Å². The van der Waals surface area contributed by atoms with Crippen LogP contribution in [-0.4, -0.2) is 37.0 Å². The number of nitrogens with zero attached hydrogens (tertiary/aromatic N) is 1. The molecule has 1 aliphatic heterocycles. The van der Waals surface area contributed by atoms with Gasteiger partial charge < -0.3 is 11.1 Å². The Hall–Kier alpha value is -1.39. The van der Waals surface area contributed by atoms with Crippen LogP contribution in [0.5, 0.6) is 0 Å². The van der Waals surface area contributed by atoms with Crippen molar-refractivity contribution >= 4 is 5.91 Å². The first kappa shape index (κ1) is 13.1. The molecule has 1 heterocycles. The lowest BCUT2D eigenvalue weighted by Crippen LogP contribution is -2.29. The largest absolute Gasteiger partial charge is 0.351 e. The molecule has 0 unspecified atom stereocenters. The maximum Gasteiger partial charge on any atom is 0.251 e. The summed E-state index contributed by atoms with van der Waals surface area (Å²) in [7, 11) is 0. The molecule has 0 aromatic heterocycles. The number of benzene rings is 1. The number of likely N-dealkylation sites (tertiary alicyclic amines) is 1. The highest BCUT2D eigenvalue weighted by molar-refractivity contribution is 5.94. The van der Waals surface area contributed by atoms with Gasteiger partial charge in [0.15, 0.2) is 0 Å². The Morgan fingerprint density at radius 3 is 2.83 bits per heavy atom. The van der Waals surface area contributed by atoms with Crippen molar-refractivity contribution in [3.8, 4) is 0 Å². The molecule has 18 heavy (non-hydrogen) atoms. The van der Waals surface area contributed by atoms with Crippen LogP contribution < -0.4 is 11.1 Å². The van der Waals surface area contributed by atoms with Crippen molar-refractivity contribution in [3.63, 3.8) is 0 Å². The number of hydrogen-bond donors (Lipinski definition) is 2. The van der Waals surface area contributed by atoms with Crippen LogP contribution in [0.3, 0.4) is 0 Å². The summed E-state index contributed by atoms with van der Waals surface area (Å²) >= 11 is 0. The molecule has 0 aliphatic carbocycles. The summed E-state index contributed by atoms with van der Waals surface area (Å²) in [4.78, 5) is 14.2. The number of carbonyl (C=O) groups is 1. The minimum Gasteiger partial charge on any atom is -0.351 e. The molecule has 0 atom stereocenters. The monoisotopic (exact) mass is 247 g/mol. The van der Waals surface area contributed by atoms with Gasteiger partial charge in [0.1, 0.15) is 0 Å². The van der Waals surface area contributed by atoms with Gasteiger partial charge in [0.2, 0.25) is 0 Å². The summed E-state index contributed by atoms with van der Waals surface area (Å²) in [5, 5.41) is 2.79. The van der Waals surface area contributed by atoms with E-state index in [4.69, 9.17) is 5.73 Å². The Bertz CT molecular complexity index is 400. The second kappa shape index (κ2) is 6.52. The Balaban J connectivity index is 1.97. The highest BCUT2D eigenvalue weighted by Gasteiger charge is 2.12. The zero-order chi connectivity index (χ0) is 12.8. The lowest BCUT2D eigenvalue weighted by Gasteiger charge is -2.15. The highest BCUT2D eigenvalue weighted by Crippen LogP contribution is 2.13. The highest BCUT2D eigenvalue weighted by atomic mass is 16.1. The van der Waals surface area contributed by atoms with E-state index < -0.39 is 0 Å². The second-order valence-corrected chi connectivity index (χ2v) is 4.73. The van der Waals surface area contributed by atoms with Crippen molar-refractivity contribution in [1.29, 1.82) is 0 Å². The fourth-order valence-corrected chi connectivity index (χ4v) is 2.30. The van der Waals surface area contributed by atoms with E-state index in [-0.39, 0.29) is 5.91 Å². The van der Waals surface area contributed by atoms with Crippen molar-refractivity contribution in [3.05, 3.63) is 35.4 Å². The summed E-state index contributed by atoms with van der Waals surface area (Å²) in [5.41, 5.74) is 7.30. The number of carbonyl (C=O) groups excluding carboxylic acids is 1. The predicted octanol–water partition coefficient (Wildman–Crippen LogP) is 0.971. The van der Waals surface area contributed by atoms with Crippen LogP contribution in [0.4, 0.5) is 0 Å². The molecule has 0 bridgehead atoms. The Kier molecular flexibility index (Phi) is 4.73. The van der Waals surface area contributed by atoms with Gasteiger partial charge in [-0.2, -0.15) is 0 Å². The predicted molar refractivity (Wildman–Crippen MR) is 72.3 cm³/mol. The third-order valence-electron chi connectivity index (χ3n) is 3.22. The lowest BCUT2D eigenvalue weighted by atomic mass is 10.1.